The number of hydrogen-bond donors (Lipinski definition) is 2. The van der Waals surface area contributed by atoms with Crippen LogP contribution in [0.3, 0.4) is 0 Å². The lowest BCUT2D eigenvalue weighted by molar-refractivity contribution is -0.121. The number of amides is 1. The smallest absolute Gasteiger partial charge is 0.235 e. The molecule has 1 unspecified atom stereocenters. The third-order valence-corrected chi connectivity index (χ3v) is 4.63. The van der Waals surface area contributed by atoms with E-state index in [-0.39, 0.29) is 18.5 Å². The highest BCUT2D eigenvalue weighted by molar-refractivity contribution is 5.79. The van der Waals surface area contributed by atoms with E-state index in [0.717, 1.165) is 36.9 Å². The van der Waals surface area contributed by atoms with Crippen LogP contribution < -0.4 is 10.6 Å². The molecule has 5 nitrogen and oxygen atoms in total. The average molecular weight is 334 g/mol. The zero-order chi connectivity index (χ0) is 17.5. The van der Waals surface area contributed by atoms with Crippen molar-refractivity contribution in [3.8, 4) is 6.07 Å². The van der Waals surface area contributed by atoms with Gasteiger partial charge in [0.25, 0.3) is 0 Å². The fourth-order valence-electron chi connectivity index (χ4n) is 3.33. The molecular formula is C20H22N4O. The van der Waals surface area contributed by atoms with E-state index in [1.54, 1.807) is 6.20 Å². The molecule has 1 aliphatic rings. The Morgan fingerprint density at radius 2 is 1.88 bits per heavy atom. The van der Waals surface area contributed by atoms with E-state index in [1.165, 1.54) is 0 Å². The largest absolute Gasteiger partial charge is 0.337 e. The van der Waals surface area contributed by atoms with Gasteiger partial charge in [0, 0.05) is 6.20 Å². The number of nitrogens with one attached hydrogen (secondary N) is 2. The van der Waals surface area contributed by atoms with Crippen LogP contribution in [-0.4, -0.2) is 23.0 Å². The van der Waals surface area contributed by atoms with Gasteiger partial charge in [-0.3, -0.25) is 15.1 Å². The van der Waals surface area contributed by atoms with Crippen LogP contribution >= 0.6 is 0 Å². The van der Waals surface area contributed by atoms with E-state index in [2.05, 4.69) is 21.7 Å². The molecule has 0 spiro atoms. The summed E-state index contributed by atoms with van der Waals surface area (Å²) >= 11 is 0. The predicted molar refractivity (Wildman–Crippen MR) is 95.5 cm³/mol. The van der Waals surface area contributed by atoms with Crippen molar-refractivity contribution in [2.45, 2.75) is 37.3 Å². The Balaban J connectivity index is 1.69. The molecule has 3 rings (SSSR count). The molecule has 1 aromatic carbocycles. The van der Waals surface area contributed by atoms with E-state index in [1.807, 2.05) is 48.5 Å². The van der Waals surface area contributed by atoms with Gasteiger partial charge in [0.1, 0.15) is 5.54 Å². The maximum atomic E-state index is 12.4. The Morgan fingerprint density at radius 3 is 2.52 bits per heavy atom. The Hall–Kier alpha value is -2.71. The molecule has 0 saturated heterocycles. The summed E-state index contributed by atoms with van der Waals surface area (Å²) in [7, 11) is 0. The van der Waals surface area contributed by atoms with Gasteiger partial charge in [0.15, 0.2) is 0 Å². The second kappa shape index (κ2) is 7.91. The number of nitrogens with zero attached hydrogens (tertiary/aromatic N) is 2. The molecule has 0 bridgehead atoms. The summed E-state index contributed by atoms with van der Waals surface area (Å²) in [5.41, 5.74) is 1.22. The fraction of sp³-hybridized carbons (Fsp3) is 0.350. The quantitative estimate of drug-likeness (QED) is 0.851. The van der Waals surface area contributed by atoms with Crippen LogP contribution in [0.2, 0.25) is 0 Å². The van der Waals surface area contributed by atoms with E-state index in [4.69, 9.17) is 0 Å². The van der Waals surface area contributed by atoms with Crippen LogP contribution in [-0.2, 0) is 4.79 Å². The van der Waals surface area contributed by atoms with E-state index < -0.39 is 5.54 Å². The zero-order valence-corrected chi connectivity index (χ0v) is 14.1. The first kappa shape index (κ1) is 17.1. The minimum absolute atomic E-state index is 0.138. The number of carbonyl (C=O) groups is 1. The minimum atomic E-state index is -0.688. The van der Waals surface area contributed by atoms with Gasteiger partial charge in [-0.1, -0.05) is 36.4 Å². The summed E-state index contributed by atoms with van der Waals surface area (Å²) in [4.78, 5) is 16.8. The third kappa shape index (κ3) is 4.23. The number of benzene rings is 1. The van der Waals surface area contributed by atoms with Gasteiger partial charge < -0.3 is 5.32 Å². The van der Waals surface area contributed by atoms with Crippen molar-refractivity contribution in [1.82, 2.24) is 15.6 Å². The maximum Gasteiger partial charge on any atom is 0.235 e. The normalized spacial score (nSPS) is 16.8. The van der Waals surface area contributed by atoms with Crippen LogP contribution in [0.1, 0.15) is 43.0 Å². The van der Waals surface area contributed by atoms with Crippen molar-refractivity contribution in [2.75, 3.05) is 6.54 Å². The summed E-state index contributed by atoms with van der Waals surface area (Å²) in [6.07, 6.45) is 5.19. The van der Waals surface area contributed by atoms with Crippen LogP contribution in [0, 0.1) is 11.3 Å². The molecule has 1 heterocycles. The van der Waals surface area contributed by atoms with Gasteiger partial charge >= 0.3 is 0 Å². The second-order valence-electron chi connectivity index (χ2n) is 6.43. The maximum absolute atomic E-state index is 12.4. The van der Waals surface area contributed by atoms with Crippen molar-refractivity contribution < 1.29 is 4.79 Å². The van der Waals surface area contributed by atoms with E-state index in [9.17, 15) is 10.1 Å². The van der Waals surface area contributed by atoms with Crippen molar-refractivity contribution in [2.24, 2.45) is 0 Å². The van der Waals surface area contributed by atoms with Crippen molar-refractivity contribution in [3.63, 3.8) is 0 Å². The molecule has 1 aliphatic carbocycles. The molecule has 1 aromatic heterocycles. The minimum Gasteiger partial charge on any atom is -0.337 e. The highest BCUT2D eigenvalue weighted by atomic mass is 16.2. The Labute approximate surface area is 148 Å². The summed E-state index contributed by atoms with van der Waals surface area (Å²) in [5.74, 6) is -0.152. The molecule has 0 radical (unpaired) electrons. The van der Waals surface area contributed by atoms with Crippen molar-refractivity contribution in [1.29, 1.82) is 5.26 Å². The second-order valence-corrected chi connectivity index (χ2v) is 6.43. The van der Waals surface area contributed by atoms with Gasteiger partial charge in [0.05, 0.1) is 24.3 Å². The van der Waals surface area contributed by atoms with Gasteiger partial charge in [-0.25, -0.2) is 0 Å². The first-order valence-corrected chi connectivity index (χ1v) is 8.64. The van der Waals surface area contributed by atoms with Gasteiger partial charge in [0.2, 0.25) is 5.91 Å². The Kier molecular flexibility index (Phi) is 5.42. The first-order valence-electron chi connectivity index (χ1n) is 8.64. The Morgan fingerprint density at radius 1 is 1.16 bits per heavy atom. The number of rotatable bonds is 6. The molecule has 128 valence electrons. The molecule has 0 aliphatic heterocycles. The number of hydrogen-bond acceptors (Lipinski definition) is 4. The topological polar surface area (TPSA) is 77.8 Å². The monoisotopic (exact) mass is 334 g/mol. The number of carbonyl (C=O) groups excluding carboxylic acids is 1. The molecule has 5 heteroatoms. The summed E-state index contributed by atoms with van der Waals surface area (Å²) in [5, 5.41) is 15.6. The average Bonchev–Trinajstić information content (AvgIpc) is 3.12. The SMILES string of the molecule is N#CC1(NC(=O)CNC(c2ccccc2)c2ccccn2)CCCC1. The predicted octanol–water partition coefficient (Wildman–Crippen LogP) is 2.71. The molecule has 1 fully saturated rings. The summed E-state index contributed by atoms with van der Waals surface area (Å²) < 4.78 is 0. The van der Waals surface area contributed by atoms with Gasteiger partial charge in [-0.05, 0) is 43.4 Å². The standard InChI is InChI=1S/C20H22N4O/c21-15-20(11-5-6-12-20)24-18(25)14-23-19(16-8-2-1-3-9-16)17-10-4-7-13-22-17/h1-4,7-10,13,19,23H,5-6,11-12,14H2,(H,24,25). The van der Waals surface area contributed by atoms with Gasteiger partial charge in [-0.15, -0.1) is 0 Å². The fourth-order valence-corrected chi connectivity index (χ4v) is 3.33. The molecule has 1 atom stereocenters. The molecule has 2 aromatic rings. The Bertz CT molecular complexity index is 694. The molecule has 25 heavy (non-hydrogen) atoms. The summed E-state index contributed by atoms with van der Waals surface area (Å²) in [6, 6.07) is 17.8. The lowest BCUT2D eigenvalue weighted by Gasteiger charge is -2.23. The van der Waals surface area contributed by atoms with Crippen molar-refractivity contribution in [3.05, 3.63) is 66.0 Å². The summed E-state index contributed by atoms with van der Waals surface area (Å²) in [6.45, 7) is 0.138. The highest BCUT2D eigenvalue weighted by Crippen LogP contribution is 2.28. The van der Waals surface area contributed by atoms with E-state index in [0.29, 0.717) is 0 Å². The van der Waals surface area contributed by atoms with Crippen molar-refractivity contribution >= 4 is 5.91 Å². The lowest BCUT2D eigenvalue weighted by Crippen LogP contribution is -2.48. The van der Waals surface area contributed by atoms with E-state index >= 15 is 0 Å². The van der Waals surface area contributed by atoms with Crippen LogP contribution in [0.15, 0.2) is 54.7 Å². The molecule has 1 amide bonds. The van der Waals surface area contributed by atoms with Gasteiger partial charge in [-0.2, -0.15) is 5.26 Å². The number of nitriles is 1. The molecule has 2 N–H and O–H groups in total. The van der Waals surface area contributed by atoms with Crippen LogP contribution in [0.4, 0.5) is 0 Å². The lowest BCUT2D eigenvalue weighted by atomic mass is 10.00. The zero-order valence-electron chi connectivity index (χ0n) is 14.1. The van der Waals surface area contributed by atoms with Crippen LogP contribution in [0.5, 0.6) is 0 Å². The van der Waals surface area contributed by atoms with Crippen LogP contribution in [0.25, 0.3) is 0 Å². The molecule has 1 saturated carbocycles. The number of pyridine rings is 1. The number of aromatic nitrogens is 1. The highest BCUT2D eigenvalue weighted by Gasteiger charge is 2.35. The molecular weight excluding hydrogens is 312 g/mol. The third-order valence-electron chi connectivity index (χ3n) is 4.63. The first-order chi connectivity index (χ1) is 12.2.